The van der Waals surface area contributed by atoms with Crippen molar-refractivity contribution in [2.45, 2.75) is 26.1 Å². The standard InChI is InChI=1S/C18H17F3N2O2/c1-3-4-11-23-12(2)24-16-10-9-15(22-17(16)23)13-5-7-14(8-6-13)25-18(19,20)21/h5-10H,2-4,11H2,1H3. The molecule has 1 aliphatic rings. The number of benzene rings is 1. The first kappa shape index (κ1) is 17.1. The number of alkyl halides is 3. The first-order chi connectivity index (χ1) is 11.9. The highest BCUT2D eigenvalue weighted by Crippen LogP contribution is 2.38. The second-order valence-electron chi connectivity index (χ2n) is 5.59. The van der Waals surface area contributed by atoms with Gasteiger partial charge in [-0.3, -0.25) is 4.90 Å². The van der Waals surface area contributed by atoms with Crippen LogP contribution >= 0.6 is 0 Å². The van der Waals surface area contributed by atoms with Crippen molar-refractivity contribution in [3.05, 3.63) is 48.9 Å². The smallest absolute Gasteiger partial charge is 0.438 e. The highest BCUT2D eigenvalue weighted by Gasteiger charge is 2.31. The van der Waals surface area contributed by atoms with E-state index in [2.05, 4.69) is 23.2 Å². The summed E-state index contributed by atoms with van der Waals surface area (Å²) >= 11 is 0. The average Bonchev–Trinajstić information content (AvgIpc) is 2.86. The number of nitrogens with zero attached hydrogens (tertiary/aromatic N) is 2. The molecule has 3 rings (SSSR count). The first-order valence-electron chi connectivity index (χ1n) is 7.89. The van der Waals surface area contributed by atoms with Gasteiger partial charge < -0.3 is 9.47 Å². The SMILES string of the molecule is C=C1Oc2ccc(-c3ccc(OC(F)(F)F)cc3)nc2N1CCCC. The average molecular weight is 350 g/mol. The van der Waals surface area contributed by atoms with Crippen LogP contribution in [0, 0.1) is 0 Å². The van der Waals surface area contributed by atoms with Crippen molar-refractivity contribution in [2.24, 2.45) is 0 Å². The summed E-state index contributed by atoms with van der Waals surface area (Å²) in [4.78, 5) is 6.50. The van der Waals surface area contributed by atoms with E-state index in [9.17, 15) is 13.2 Å². The van der Waals surface area contributed by atoms with Crippen LogP contribution in [0.2, 0.25) is 0 Å². The molecular weight excluding hydrogens is 333 g/mol. The fraction of sp³-hybridized carbons (Fsp3) is 0.278. The lowest BCUT2D eigenvalue weighted by Crippen LogP contribution is -2.21. The maximum absolute atomic E-state index is 12.2. The lowest BCUT2D eigenvalue weighted by molar-refractivity contribution is -0.274. The molecule has 0 bridgehead atoms. The molecule has 0 saturated heterocycles. The molecule has 25 heavy (non-hydrogen) atoms. The zero-order valence-corrected chi connectivity index (χ0v) is 13.6. The predicted molar refractivity (Wildman–Crippen MR) is 88.4 cm³/mol. The van der Waals surface area contributed by atoms with Crippen LogP contribution in [0.4, 0.5) is 19.0 Å². The van der Waals surface area contributed by atoms with Gasteiger partial charge >= 0.3 is 6.36 Å². The molecule has 2 aromatic rings. The Kier molecular flexibility index (Phi) is 4.57. The van der Waals surface area contributed by atoms with Gasteiger partial charge in [-0.25, -0.2) is 4.98 Å². The normalized spacial score (nSPS) is 13.6. The number of anilines is 1. The second kappa shape index (κ2) is 6.66. The molecule has 1 aromatic heterocycles. The van der Waals surface area contributed by atoms with Crippen LogP contribution in [-0.2, 0) is 0 Å². The molecule has 132 valence electrons. The van der Waals surface area contributed by atoms with E-state index in [1.54, 1.807) is 12.1 Å². The maximum atomic E-state index is 12.2. The summed E-state index contributed by atoms with van der Waals surface area (Å²) < 4.78 is 46.2. The van der Waals surface area contributed by atoms with Gasteiger partial charge in [0.2, 0.25) is 0 Å². The van der Waals surface area contributed by atoms with E-state index in [-0.39, 0.29) is 5.75 Å². The third-order valence-corrected chi connectivity index (χ3v) is 3.74. The molecular formula is C18H17F3N2O2. The Morgan fingerprint density at radius 1 is 1.16 bits per heavy atom. The molecule has 0 unspecified atom stereocenters. The van der Waals surface area contributed by atoms with E-state index in [0.29, 0.717) is 28.7 Å². The minimum Gasteiger partial charge on any atom is -0.438 e. The van der Waals surface area contributed by atoms with Crippen LogP contribution in [0.3, 0.4) is 0 Å². The molecule has 0 amide bonds. The van der Waals surface area contributed by atoms with E-state index < -0.39 is 6.36 Å². The Bertz CT molecular complexity index is 773. The molecule has 0 spiro atoms. The van der Waals surface area contributed by atoms with Gasteiger partial charge in [0.05, 0.1) is 5.69 Å². The van der Waals surface area contributed by atoms with Gasteiger partial charge in [0.25, 0.3) is 0 Å². The van der Waals surface area contributed by atoms with Crippen LogP contribution in [0.15, 0.2) is 48.9 Å². The van der Waals surface area contributed by atoms with Gasteiger partial charge in [-0.2, -0.15) is 0 Å². The highest BCUT2D eigenvalue weighted by atomic mass is 19.4. The quantitative estimate of drug-likeness (QED) is 0.750. The molecule has 0 N–H and O–H groups in total. The van der Waals surface area contributed by atoms with Gasteiger partial charge in [-0.1, -0.05) is 13.3 Å². The van der Waals surface area contributed by atoms with E-state index >= 15 is 0 Å². The van der Waals surface area contributed by atoms with E-state index in [1.165, 1.54) is 24.3 Å². The Hall–Kier alpha value is -2.70. The second-order valence-corrected chi connectivity index (χ2v) is 5.59. The first-order valence-corrected chi connectivity index (χ1v) is 7.89. The Morgan fingerprint density at radius 3 is 2.52 bits per heavy atom. The molecule has 0 atom stereocenters. The van der Waals surface area contributed by atoms with E-state index in [0.717, 1.165) is 19.4 Å². The summed E-state index contributed by atoms with van der Waals surface area (Å²) in [6.07, 6.45) is -2.71. The number of hydrogen-bond donors (Lipinski definition) is 0. The fourth-order valence-electron chi connectivity index (χ4n) is 2.54. The molecule has 2 heterocycles. The van der Waals surface area contributed by atoms with Crippen molar-refractivity contribution in [1.29, 1.82) is 0 Å². The third kappa shape index (κ3) is 3.87. The number of fused-ring (bicyclic) bond motifs is 1. The topological polar surface area (TPSA) is 34.6 Å². The minimum atomic E-state index is -4.70. The van der Waals surface area contributed by atoms with Crippen molar-refractivity contribution >= 4 is 5.82 Å². The fourth-order valence-corrected chi connectivity index (χ4v) is 2.54. The summed E-state index contributed by atoms with van der Waals surface area (Å²) in [5.41, 5.74) is 1.32. The van der Waals surface area contributed by atoms with Gasteiger partial charge in [-0.05, 0) is 49.4 Å². The molecule has 7 heteroatoms. The van der Waals surface area contributed by atoms with Gasteiger partial charge in [0, 0.05) is 12.1 Å². The number of unbranched alkanes of at least 4 members (excludes halogenated alkanes) is 1. The lowest BCUT2D eigenvalue weighted by Gasteiger charge is -2.16. The number of pyridine rings is 1. The summed E-state index contributed by atoms with van der Waals surface area (Å²) in [6.45, 7) is 6.73. The molecule has 0 aliphatic carbocycles. The van der Waals surface area contributed by atoms with Crippen molar-refractivity contribution in [2.75, 3.05) is 11.4 Å². The summed E-state index contributed by atoms with van der Waals surface area (Å²) in [5.74, 6) is 1.56. The van der Waals surface area contributed by atoms with Crippen molar-refractivity contribution in [1.82, 2.24) is 4.98 Å². The van der Waals surface area contributed by atoms with Crippen molar-refractivity contribution in [3.63, 3.8) is 0 Å². The number of hydrogen-bond acceptors (Lipinski definition) is 4. The third-order valence-electron chi connectivity index (χ3n) is 3.74. The van der Waals surface area contributed by atoms with Crippen LogP contribution in [0.1, 0.15) is 19.8 Å². The molecule has 0 fully saturated rings. The van der Waals surface area contributed by atoms with Crippen LogP contribution in [0.25, 0.3) is 11.3 Å². The number of aromatic nitrogens is 1. The summed E-state index contributed by atoms with van der Waals surface area (Å²) in [7, 11) is 0. The summed E-state index contributed by atoms with van der Waals surface area (Å²) in [6, 6.07) is 9.15. The summed E-state index contributed by atoms with van der Waals surface area (Å²) in [5, 5.41) is 0. The number of halogens is 3. The number of ether oxygens (including phenoxy) is 2. The highest BCUT2D eigenvalue weighted by molar-refractivity contribution is 5.69. The predicted octanol–water partition coefficient (Wildman–Crippen LogP) is 5.12. The van der Waals surface area contributed by atoms with Gasteiger partial charge in [0.15, 0.2) is 17.5 Å². The monoisotopic (exact) mass is 350 g/mol. The van der Waals surface area contributed by atoms with E-state index in [1.807, 2.05) is 4.90 Å². The van der Waals surface area contributed by atoms with Crippen LogP contribution in [-0.4, -0.2) is 17.9 Å². The van der Waals surface area contributed by atoms with Crippen molar-refractivity contribution in [3.8, 4) is 22.8 Å². The van der Waals surface area contributed by atoms with Gasteiger partial charge in [0.1, 0.15) is 5.75 Å². The molecule has 1 aromatic carbocycles. The maximum Gasteiger partial charge on any atom is 0.573 e. The van der Waals surface area contributed by atoms with Crippen LogP contribution in [0.5, 0.6) is 11.5 Å². The zero-order valence-electron chi connectivity index (χ0n) is 13.6. The molecule has 0 saturated carbocycles. The minimum absolute atomic E-state index is 0.265. The largest absolute Gasteiger partial charge is 0.573 e. The van der Waals surface area contributed by atoms with Crippen molar-refractivity contribution < 1.29 is 22.6 Å². The molecule has 4 nitrogen and oxygen atoms in total. The Labute approximate surface area is 143 Å². The molecule has 0 radical (unpaired) electrons. The Balaban J connectivity index is 1.85. The zero-order chi connectivity index (χ0) is 18.0. The number of rotatable bonds is 5. The molecule has 1 aliphatic heterocycles. The lowest BCUT2D eigenvalue weighted by atomic mass is 10.1. The Morgan fingerprint density at radius 2 is 1.88 bits per heavy atom. The van der Waals surface area contributed by atoms with E-state index in [4.69, 9.17) is 4.74 Å². The van der Waals surface area contributed by atoms with Crippen LogP contribution < -0.4 is 14.4 Å². The van der Waals surface area contributed by atoms with Gasteiger partial charge in [-0.15, -0.1) is 13.2 Å².